The van der Waals surface area contributed by atoms with Crippen LogP contribution in [0.5, 0.6) is 0 Å². The van der Waals surface area contributed by atoms with Crippen LogP contribution in [-0.2, 0) is 33.7 Å². The number of nitrogens with one attached hydrogen (secondary N) is 1. The van der Waals surface area contributed by atoms with E-state index in [2.05, 4.69) is 17.0 Å². The predicted molar refractivity (Wildman–Crippen MR) is 65.9 cm³/mol. The maximum absolute atomic E-state index is 11.1. The SMILES string of the molecule is I.[CH2-]C(NC(=O)OC(C)(C)C)C(=O)OC.[Zn]. The molecule has 0 aliphatic rings. The molecule has 0 aromatic rings. The minimum atomic E-state index is -0.949. The summed E-state index contributed by atoms with van der Waals surface area (Å²) in [6.45, 7) is 8.57. The average Bonchev–Trinajstić information content (AvgIpc) is 1.99. The van der Waals surface area contributed by atoms with Crippen LogP contribution >= 0.6 is 24.0 Å². The van der Waals surface area contributed by atoms with E-state index in [1.807, 2.05) is 0 Å². The molecule has 0 aromatic carbocycles. The fraction of sp³-hybridized carbons (Fsp3) is 0.667. The third kappa shape index (κ3) is 10.6. The van der Waals surface area contributed by atoms with Crippen molar-refractivity contribution in [2.75, 3.05) is 7.11 Å². The molecule has 0 spiro atoms. The Morgan fingerprint density at radius 2 is 1.75 bits per heavy atom. The van der Waals surface area contributed by atoms with E-state index in [9.17, 15) is 9.59 Å². The van der Waals surface area contributed by atoms with Gasteiger partial charge in [0.05, 0.1) is 7.11 Å². The molecule has 0 heterocycles. The molecule has 0 aliphatic carbocycles. The number of hydrogen-bond donors (Lipinski definition) is 1. The average molecular weight is 396 g/mol. The van der Waals surface area contributed by atoms with Gasteiger partial charge in [-0.25, -0.2) is 4.79 Å². The Labute approximate surface area is 126 Å². The second kappa shape index (κ2) is 9.16. The van der Waals surface area contributed by atoms with Crippen molar-refractivity contribution in [1.29, 1.82) is 0 Å². The quantitative estimate of drug-likeness (QED) is 0.333. The van der Waals surface area contributed by atoms with Gasteiger partial charge in [-0.2, -0.15) is 0 Å². The number of esters is 1. The normalized spacial score (nSPS) is 11.3. The Balaban J connectivity index is -0.000000845. The minimum absolute atomic E-state index is 0. The number of carbonyl (C=O) groups is 2. The molecule has 1 unspecified atom stereocenters. The van der Waals surface area contributed by atoms with Gasteiger partial charge >= 0.3 is 6.09 Å². The van der Waals surface area contributed by atoms with E-state index in [1.54, 1.807) is 20.8 Å². The van der Waals surface area contributed by atoms with Gasteiger partial charge in [0.2, 0.25) is 0 Å². The van der Waals surface area contributed by atoms with Crippen LogP contribution in [0.2, 0.25) is 0 Å². The maximum Gasteiger partial charge on any atom is 0.405 e. The van der Waals surface area contributed by atoms with Crippen molar-refractivity contribution in [3.05, 3.63) is 6.92 Å². The molecule has 1 amide bonds. The smallest absolute Gasteiger partial charge is 0.405 e. The Morgan fingerprint density at radius 3 is 2.06 bits per heavy atom. The first-order chi connectivity index (χ1) is 6.26. The fourth-order valence-corrected chi connectivity index (χ4v) is 0.651. The number of carbonyl (C=O) groups excluding carboxylic acids is 2. The van der Waals surface area contributed by atoms with Gasteiger partial charge in [0, 0.05) is 25.5 Å². The number of rotatable bonds is 2. The molecule has 1 N–H and O–H groups in total. The van der Waals surface area contributed by atoms with Gasteiger partial charge < -0.3 is 21.7 Å². The Bertz CT molecular complexity index is 230. The largest absolute Gasteiger partial charge is 0.469 e. The van der Waals surface area contributed by atoms with Crippen LogP contribution in [-0.4, -0.2) is 30.8 Å². The van der Waals surface area contributed by atoms with Crippen LogP contribution in [0.1, 0.15) is 20.8 Å². The second-order valence-electron chi connectivity index (χ2n) is 3.72. The van der Waals surface area contributed by atoms with Crippen molar-refractivity contribution in [2.45, 2.75) is 32.4 Å². The van der Waals surface area contributed by atoms with Crippen LogP contribution in [0, 0.1) is 6.92 Å². The summed E-state index contributed by atoms with van der Waals surface area (Å²) in [7, 11) is 1.22. The molecule has 92 valence electrons. The first kappa shape index (κ1) is 21.4. The van der Waals surface area contributed by atoms with E-state index in [4.69, 9.17) is 4.74 Å². The van der Waals surface area contributed by atoms with Crippen LogP contribution < -0.4 is 5.32 Å². The zero-order valence-corrected chi connectivity index (χ0v) is 15.3. The molecule has 0 saturated carbocycles. The van der Waals surface area contributed by atoms with Crippen LogP contribution in [0.15, 0.2) is 0 Å². The predicted octanol–water partition coefficient (Wildman–Crippen LogP) is 1.50. The van der Waals surface area contributed by atoms with Gasteiger partial charge in [-0.05, 0) is 20.8 Å². The molecule has 5 nitrogen and oxygen atoms in total. The van der Waals surface area contributed by atoms with Crippen molar-refractivity contribution < 1.29 is 38.5 Å². The summed E-state index contributed by atoms with van der Waals surface area (Å²) in [6, 6.07) is -0.949. The summed E-state index contributed by atoms with van der Waals surface area (Å²) >= 11 is 0. The van der Waals surface area contributed by atoms with E-state index in [0.29, 0.717) is 0 Å². The van der Waals surface area contributed by atoms with E-state index in [1.165, 1.54) is 7.11 Å². The van der Waals surface area contributed by atoms with E-state index >= 15 is 0 Å². The molecule has 7 heteroatoms. The molecular formula is C9H17INO4Zn-. The zero-order chi connectivity index (χ0) is 11.4. The van der Waals surface area contributed by atoms with Crippen molar-refractivity contribution >= 4 is 36.0 Å². The zero-order valence-electron chi connectivity index (χ0n) is 10.0. The van der Waals surface area contributed by atoms with E-state index < -0.39 is 23.7 Å². The monoisotopic (exact) mass is 394 g/mol. The molecule has 0 radical (unpaired) electrons. The number of hydrogen-bond acceptors (Lipinski definition) is 4. The van der Waals surface area contributed by atoms with Crippen molar-refractivity contribution in [3.63, 3.8) is 0 Å². The van der Waals surface area contributed by atoms with Crippen LogP contribution in [0.4, 0.5) is 4.79 Å². The number of amides is 1. The van der Waals surface area contributed by atoms with Gasteiger partial charge in [0.15, 0.2) is 0 Å². The summed E-state index contributed by atoms with van der Waals surface area (Å²) in [5, 5.41) is 2.24. The summed E-state index contributed by atoms with van der Waals surface area (Å²) in [5.41, 5.74) is -0.597. The van der Waals surface area contributed by atoms with Crippen molar-refractivity contribution in [2.24, 2.45) is 0 Å². The summed E-state index contributed by atoms with van der Waals surface area (Å²) in [6.07, 6.45) is -0.692. The molecular weight excluding hydrogens is 378 g/mol. The molecule has 0 fully saturated rings. The van der Waals surface area contributed by atoms with Crippen LogP contribution in [0.3, 0.4) is 0 Å². The Kier molecular flexibility index (Phi) is 12.2. The van der Waals surface area contributed by atoms with Crippen molar-refractivity contribution in [3.8, 4) is 0 Å². The molecule has 0 aliphatic heterocycles. The van der Waals surface area contributed by atoms with Gasteiger partial charge in [-0.1, -0.05) is 0 Å². The standard InChI is InChI=1S/C9H16NO4.HI.Zn/c1-6(7(11)13-5)10-8(12)14-9(2,3)4;;/h6H,1H2,2-5H3,(H,10,12);1H;/q-1;;. The van der Waals surface area contributed by atoms with Gasteiger partial charge in [-0.15, -0.1) is 24.0 Å². The summed E-state index contributed by atoms with van der Waals surface area (Å²) < 4.78 is 9.28. The van der Waals surface area contributed by atoms with E-state index in [0.717, 1.165) is 0 Å². The summed E-state index contributed by atoms with van der Waals surface area (Å²) in [5.74, 6) is -0.615. The van der Waals surface area contributed by atoms with Gasteiger partial charge in [0.25, 0.3) is 5.97 Å². The number of ether oxygens (including phenoxy) is 2. The van der Waals surface area contributed by atoms with Gasteiger partial charge in [-0.3, -0.25) is 4.79 Å². The second-order valence-corrected chi connectivity index (χ2v) is 3.72. The summed E-state index contributed by atoms with van der Waals surface area (Å²) in [4.78, 5) is 22.0. The minimum Gasteiger partial charge on any atom is -0.469 e. The third-order valence-electron chi connectivity index (χ3n) is 1.18. The van der Waals surface area contributed by atoms with Crippen LogP contribution in [0.25, 0.3) is 0 Å². The van der Waals surface area contributed by atoms with Gasteiger partial charge in [0.1, 0.15) is 5.60 Å². The molecule has 0 saturated heterocycles. The van der Waals surface area contributed by atoms with E-state index in [-0.39, 0.29) is 43.5 Å². The first-order valence-electron chi connectivity index (χ1n) is 4.16. The molecule has 0 rings (SSSR count). The molecule has 16 heavy (non-hydrogen) atoms. The third-order valence-corrected chi connectivity index (χ3v) is 1.18. The fourth-order valence-electron chi connectivity index (χ4n) is 0.651. The number of methoxy groups -OCH3 is 1. The Morgan fingerprint density at radius 1 is 1.31 bits per heavy atom. The maximum atomic E-state index is 11.1. The molecule has 0 aromatic heterocycles. The molecule has 1 atom stereocenters. The number of halogens is 1. The van der Waals surface area contributed by atoms with Crippen molar-refractivity contribution in [1.82, 2.24) is 5.32 Å². The number of alkyl carbamates (subject to hydrolysis) is 1. The topological polar surface area (TPSA) is 64.6 Å². The molecule has 0 bridgehead atoms. The Hall–Kier alpha value is 0.0934. The first-order valence-corrected chi connectivity index (χ1v) is 4.16.